The summed E-state index contributed by atoms with van der Waals surface area (Å²) in [6.45, 7) is 3.35. The highest BCUT2D eigenvalue weighted by Crippen LogP contribution is 2.18. The topological polar surface area (TPSA) is 52.0 Å². The third kappa shape index (κ3) is 2.03. The van der Waals surface area contributed by atoms with E-state index in [1.54, 1.807) is 0 Å². The molecule has 0 radical (unpaired) electrons. The summed E-state index contributed by atoms with van der Waals surface area (Å²) >= 11 is 0. The van der Waals surface area contributed by atoms with Crippen LogP contribution in [-0.2, 0) is 16.4 Å². The number of rotatable bonds is 3. The fourth-order valence-corrected chi connectivity index (χ4v) is 3.14. The molecule has 1 aromatic carbocycles. The Labute approximate surface area is 105 Å². The van der Waals surface area contributed by atoms with Gasteiger partial charge in [0.05, 0.1) is 4.90 Å². The maximum Gasteiger partial charge on any atom is 0.269 e. The van der Waals surface area contributed by atoms with E-state index < -0.39 is 15.8 Å². The molecule has 0 atom stereocenters. The molecule has 0 aliphatic rings. The smallest absolute Gasteiger partial charge is 0.241 e. The molecule has 0 bridgehead atoms. The molecule has 0 aliphatic heterocycles. The van der Waals surface area contributed by atoms with Crippen LogP contribution in [0.2, 0.25) is 0 Å². The lowest BCUT2D eigenvalue weighted by molar-refractivity contribution is 0.583. The second-order valence-electron chi connectivity index (χ2n) is 3.91. The van der Waals surface area contributed by atoms with E-state index >= 15 is 0 Å². The van der Waals surface area contributed by atoms with E-state index in [0.717, 1.165) is 10.0 Å². The molecular weight excluding hydrogens is 255 g/mol. The van der Waals surface area contributed by atoms with Gasteiger partial charge in [0.25, 0.3) is 10.0 Å². The first-order valence-corrected chi connectivity index (χ1v) is 6.94. The quantitative estimate of drug-likeness (QED) is 0.857. The van der Waals surface area contributed by atoms with Crippen molar-refractivity contribution in [2.75, 3.05) is 0 Å². The second kappa shape index (κ2) is 4.53. The average molecular weight is 268 g/mol. The predicted molar refractivity (Wildman–Crippen MR) is 65.3 cm³/mol. The van der Waals surface area contributed by atoms with E-state index in [1.165, 1.54) is 31.5 Å². The maximum atomic E-state index is 13.2. The summed E-state index contributed by atoms with van der Waals surface area (Å²) in [5.74, 6) is 0.0345. The number of aromatic nitrogens is 2. The highest BCUT2D eigenvalue weighted by molar-refractivity contribution is 7.90. The largest absolute Gasteiger partial charge is 0.269 e. The number of halogens is 1. The van der Waals surface area contributed by atoms with Crippen molar-refractivity contribution in [1.82, 2.24) is 8.96 Å². The van der Waals surface area contributed by atoms with Gasteiger partial charge in [0.15, 0.2) is 0 Å². The Morgan fingerprint density at radius 1 is 1.39 bits per heavy atom. The van der Waals surface area contributed by atoms with Gasteiger partial charge in [-0.2, -0.15) is 0 Å². The van der Waals surface area contributed by atoms with E-state index in [0.29, 0.717) is 17.8 Å². The van der Waals surface area contributed by atoms with E-state index in [2.05, 4.69) is 4.98 Å². The standard InChI is InChI=1S/C12H13FN2O2S/c1-3-12-14-6-7-15(12)18(16,17)10-4-5-11(13)9(2)8-10/h4-8H,3H2,1-2H3. The Kier molecular flexibility index (Phi) is 3.21. The van der Waals surface area contributed by atoms with Crippen molar-refractivity contribution in [1.29, 1.82) is 0 Å². The van der Waals surface area contributed by atoms with Crippen LogP contribution >= 0.6 is 0 Å². The second-order valence-corrected chi connectivity index (χ2v) is 5.72. The Morgan fingerprint density at radius 2 is 2.11 bits per heavy atom. The van der Waals surface area contributed by atoms with Crippen LogP contribution in [0.3, 0.4) is 0 Å². The van der Waals surface area contributed by atoms with Crippen LogP contribution in [0, 0.1) is 12.7 Å². The predicted octanol–water partition coefficient (Wildman–Crippen LogP) is 2.13. The summed E-state index contributed by atoms with van der Waals surface area (Å²) in [6, 6.07) is 3.74. The van der Waals surface area contributed by atoms with Crippen molar-refractivity contribution in [2.45, 2.75) is 25.2 Å². The van der Waals surface area contributed by atoms with Crippen LogP contribution in [0.1, 0.15) is 18.3 Å². The fourth-order valence-electron chi connectivity index (χ4n) is 1.68. The van der Waals surface area contributed by atoms with Gasteiger partial charge in [0.1, 0.15) is 11.6 Å². The molecule has 96 valence electrons. The number of hydrogen-bond donors (Lipinski definition) is 0. The van der Waals surface area contributed by atoms with Crippen LogP contribution in [0.5, 0.6) is 0 Å². The average Bonchev–Trinajstić information content (AvgIpc) is 2.81. The minimum Gasteiger partial charge on any atom is -0.241 e. The van der Waals surface area contributed by atoms with Crippen LogP contribution in [0.15, 0.2) is 35.5 Å². The lowest BCUT2D eigenvalue weighted by Crippen LogP contribution is -2.15. The summed E-state index contributed by atoms with van der Waals surface area (Å²) in [4.78, 5) is 4.04. The van der Waals surface area contributed by atoms with Gasteiger partial charge in [0, 0.05) is 18.8 Å². The van der Waals surface area contributed by atoms with Gasteiger partial charge >= 0.3 is 0 Å². The van der Waals surface area contributed by atoms with Crippen LogP contribution in [0.25, 0.3) is 0 Å². The van der Waals surface area contributed by atoms with Crippen molar-refractivity contribution in [3.05, 3.63) is 47.8 Å². The van der Waals surface area contributed by atoms with Gasteiger partial charge in [-0.1, -0.05) is 6.92 Å². The van der Waals surface area contributed by atoms with Crippen molar-refractivity contribution in [3.8, 4) is 0 Å². The maximum absolute atomic E-state index is 13.2. The first kappa shape index (κ1) is 12.8. The highest BCUT2D eigenvalue weighted by Gasteiger charge is 2.20. The van der Waals surface area contributed by atoms with Gasteiger partial charge in [-0.15, -0.1) is 0 Å². The fraction of sp³-hybridized carbons (Fsp3) is 0.250. The molecule has 6 heteroatoms. The third-order valence-corrected chi connectivity index (χ3v) is 4.38. The molecule has 2 rings (SSSR count). The third-order valence-electron chi connectivity index (χ3n) is 2.68. The minimum absolute atomic E-state index is 0.0640. The number of aryl methyl sites for hydroxylation is 2. The van der Waals surface area contributed by atoms with E-state index in [4.69, 9.17) is 0 Å². The summed E-state index contributed by atoms with van der Waals surface area (Å²) in [5.41, 5.74) is 0.300. The molecule has 0 unspecified atom stereocenters. The molecule has 0 fully saturated rings. The summed E-state index contributed by atoms with van der Waals surface area (Å²) in [7, 11) is -3.69. The van der Waals surface area contributed by atoms with Gasteiger partial charge in [-0.3, -0.25) is 0 Å². The number of hydrogen-bond acceptors (Lipinski definition) is 3. The van der Waals surface area contributed by atoms with Gasteiger partial charge in [0.2, 0.25) is 0 Å². The van der Waals surface area contributed by atoms with Crippen molar-refractivity contribution in [3.63, 3.8) is 0 Å². The summed E-state index contributed by atoms with van der Waals surface area (Å²) in [5, 5.41) is 0. The number of nitrogens with zero attached hydrogens (tertiary/aromatic N) is 2. The monoisotopic (exact) mass is 268 g/mol. The lowest BCUT2D eigenvalue weighted by Gasteiger charge is -2.09. The molecule has 0 saturated heterocycles. The van der Waals surface area contributed by atoms with Gasteiger partial charge in [-0.05, 0) is 30.7 Å². The van der Waals surface area contributed by atoms with E-state index in [1.807, 2.05) is 6.92 Å². The molecule has 0 spiro atoms. The zero-order valence-corrected chi connectivity index (χ0v) is 10.9. The normalized spacial score (nSPS) is 11.7. The molecule has 0 amide bonds. The zero-order valence-electron chi connectivity index (χ0n) is 10.1. The minimum atomic E-state index is -3.69. The SMILES string of the molecule is CCc1nccn1S(=O)(=O)c1ccc(F)c(C)c1. The number of benzene rings is 1. The molecular formula is C12H13FN2O2S. The molecule has 2 aromatic rings. The molecule has 0 N–H and O–H groups in total. The molecule has 1 heterocycles. The van der Waals surface area contributed by atoms with E-state index in [9.17, 15) is 12.8 Å². The Morgan fingerprint density at radius 3 is 2.72 bits per heavy atom. The molecule has 4 nitrogen and oxygen atoms in total. The highest BCUT2D eigenvalue weighted by atomic mass is 32.2. The van der Waals surface area contributed by atoms with Crippen molar-refractivity contribution >= 4 is 10.0 Å². The Balaban J connectivity index is 2.58. The van der Waals surface area contributed by atoms with Crippen LogP contribution < -0.4 is 0 Å². The Bertz CT molecular complexity index is 677. The first-order valence-electron chi connectivity index (χ1n) is 5.50. The molecule has 18 heavy (non-hydrogen) atoms. The van der Waals surface area contributed by atoms with Crippen molar-refractivity contribution in [2.24, 2.45) is 0 Å². The zero-order chi connectivity index (χ0) is 13.3. The van der Waals surface area contributed by atoms with Crippen molar-refractivity contribution < 1.29 is 12.8 Å². The van der Waals surface area contributed by atoms with Crippen LogP contribution in [0.4, 0.5) is 4.39 Å². The van der Waals surface area contributed by atoms with E-state index in [-0.39, 0.29) is 4.90 Å². The molecule has 0 saturated carbocycles. The first-order chi connectivity index (χ1) is 8.46. The summed E-state index contributed by atoms with van der Waals surface area (Å²) < 4.78 is 39.0. The molecule has 0 aliphatic carbocycles. The van der Waals surface area contributed by atoms with Crippen LogP contribution in [-0.4, -0.2) is 17.4 Å². The van der Waals surface area contributed by atoms with Gasteiger partial charge in [-0.25, -0.2) is 21.8 Å². The van der Waals surface area contributed by atoms with Gasteiger partial charge < -0.3 is 0 Å². The molecule has 1 aromatic heterocycles. The lowest BCUT2D eigenvalue weighted by atomic mass is 10.2. The summed E-state index contributed by atoms with van der Waals surface area (Å²) in [6.07, 6.45) is 3.34. The Hall–Kier alpha value is -1.69. The number of imidazole rings is 1.